The molecule has 0 nitrogen and oxygen atoms in total. The van der Waals surface area contributed by atoms with Crippen molar-refractivity contribution in [1.82, 2.24) is 0 Å². The van der Waals surface area contributed by atoms with E-state index >= 15 is 0 Å². The molecule has 0 aromatic heterocycles. The summed E-state index contributed by atoms with van der Waals surface area (Å²) in [5.41, 5.74) is 1.54. The lowest BCUT2D eigenvalue weighted by Gasteiger charge is -2.04. The van der Waals surface area contributed by atoms with Crippen molar-refractivity contribution in [3.63, 3.8) is 0 Å². The second kappa shape index (κ2) is 4.99. The van der Waals surface area contributed by atoms with Crippen LogP contribution in [0.3, 0.4) is 0 Å². The summed E-state index contributed by atoms with van der Waals surface area (Å²) in [5.74, 6) is 0.725. The fourth-order valence-electron chi connectivity index (χ4n) is 2.07. The lowest BCUT2D eigenvalue weighted by Crippen LogP contribution is -1.89. The predicted molar refractivity (Wildman–Crippen MR) is 62.1 cm³/mol. The van der Waals surface area contributed by atoms with E-state index in [1.54, 1.807) is 5.57 Å². The van der Waals surface area contributed by atoms with Crippen molar-refractivity contribution < 1.29 is 0 Å². The number of allylic oxidation sites excluding steroid dienone is 8. The predicted octanol–water partition coefficient (Wildman–Crippen LogP) is 4.18. The maximum absolute atomic E-state index is 2.34. The van der Waals surface area contributed by atoms with Crippen molar-refractivity contribution >= 4 is 0 Å². The summed E-state index contributed by atoms with van der Waals surface area (Å²) in [5, 5.41) is 0. The van der Waals surface area contributed by atoms with Gasteiger partial charge in [0.25, 0.3) is 0 Å². The van der Waals surface area contributed by atoms with Crippen molar-refractivity contribution in [2.45, 2.75) is 32.1 Å². The van der Waals surface area contributed by atoms with Gasteiger partial charge in [-0.25, -0.2) is 0 Å². The smallest absolute Gasteiger partial charge is 0.00473 e. The van der Waals surface area contributed by atoms with Gasteiger partial charge in [0.15, 0.2) is 0 Å². The molecule has 2 rings (SSSR count). The fourth-order valence-corrected chi connectivity index (χ4v) is 2.07. The van der Waals surface area contributed by atoms with E-state index in [0.29, 0.717) is 0 Å². The molecule has 74 valence electrons. The van der Waals surface area contributed by atoms with Crippen molar-refractivity contribution in [2.24, 2.45) is 5.92 Å². The molecule has 0 fully saturated rings. The first-order valence-corrected chi connectivity index (χ1v) is 5.66. The van der Waals surface area contributed by atoms with Crippen LogP contribution in [0.1, 0.15) is 32.1 Å². The third-order valence-electron chi connectivity index (χ3n) is 2.93. The van der Waals surface area contributed by atoms with Crippen LogP contribution in [0.5, 0.6) is 0 Å². The second-order valence-corrected chi connectivity index (χ2v) is 4.10. The average molecular weight is 186 g/mol. The van der Waals surface area contributed by atoms with E-state index in [0.717, 1.165) is 12.3 Å². The van der Waals surface area contributed by atoms with Crippen LogP contribution in [-0.2, 0) is 0 Å². The molecule has 0 atom stereocenters. The van der Waals surface area contributed by atoms with Crippen molar-refractivity contribution in [1.29, 1.82) is 0 Å². The van der Waals surface area contributed by atoms with Crippen molar-refractivity contribution in [3.05, 3.63) is 48.1 Å². The number of unbranched alkanes of at least 4 members (excludes halogenated alkanes) is 1. The molecular weight excluding hydrogens is 168 g/mol. The van der Waals surface area contributed by atoms with Gasteiger partial charge in [-0.3, -0.25) is 0 Å². The maximum atomic E-state index is 2.34. The van der Waals surface area contributed by atoms with Crippen LogP contribution >= 0.6 is 0 Å². The van der Waals surface area contributed by atoms with E-state index in [1.165, 1.54) is 25.7 Å². The van der Waals surface area contributed by atoms with E-state index in [1.807, 2.05) is 0 Å². The third-order valence-corrected chi connectivity index (χ3v) is 2.93. The summed E-state index contributed by atoms with van der Waals surface area (Å²) in [6, 6.07) is 0. The minimum atomic E-state index is 0.725. The molecule has 0 N–H and O–H groups in total. The molecule has 0 amide bonds. The molecule has 2 aliphatic rings. The minimum Gasteiger partial charge on any atom is -0.0805 e. The monoisotopic (exact) mass is 186 g/mol. The maximum Gasteiger partial charge on any atom is -0.00473 e. The topological polar surface area (TPSA) is 0 Å². The Bertz CT molecular complexity index is 277. The third kappa shape index (κ3) is 2.73. The largest absolute Gasteiger partial charge is 0.0805 e. The first-order valence-electron chi connectivity index (χ1n) is 5.66. The zero-order valence-corrected chi connectivity index (χ0v) is 8.65. The molecule has 0 bridgehead atoms. The zero-order chi connectivity index (χ0) is 9.64. The Labute approximate surface area is 86.7 Å². The van der Waals surface area contributed by atoms with Crippen molar-refractivity contribution in [3.8, 4) is 0 Å². The zero-order valence-electron chi connectivity index (χ0n) is 8.65. The Morgan fingerprint density at radius 3 is 2.71 bits per heavy atom. The lowest BCUT2D eigenvalue weighted by atomic mass is 10.0. The van der Waals surface area contributed by atoms with Gasteiger partial charge in [0, 0.05) is 0 Å². The molecule has 0 heteroatoms. The van der Waals surface area contributed by atoms with E-state index in [9.17, 15) is 0 Å². The molecule has 0 aromatic carbocycles. The molecule has 0 aromatic rings. The van der Waals surface area contributed by atoms with E-state index in [2.05, 4.69) is 42.5 Å². The average Bonchev–Trinajstić information content (AvgIpc) is 2.86. The SMILES string of the molecule is C1=CC(CCCCC2=CCC=C2)C=C1. The molecule has 2 aliphatic carbocycles. The van der Waals surface area contributed by atoms with E-state index in [4.69, 9.17) is 0 Å². The van der Waals surface area contributed by atoms with Crippen LogP contribution in [0.2, 0.25) is 0 Å². The lowest BCUT2D eigenvalue weighted by molar-refractivity contribution is 0.623. The summed E-state index contributed by atoms with van der Waals surface area (Å²) in [7, 11) is 0. The molecule has 0 radical (unpaired) electrons. The first-order chi connectivity index (χ1) is 6.95. The highest BCUT2D eigenvalue weighted by molar-refractivity contribution is 5.25. The number of hydrogen-bond donors (Lipinski definition) is 0. The molecule has 0 saturated carbocycles. The van der Waals surface area contributed by atoms with Crippen LogP contribution in [0.25, 0.3) is 0 Å². The summed E-state index contributed by atoms with van der Waals surface area (Å²) in [6.07, 6.45) is 22.2. The van der Waals surface area contributed by atoms with E-state index in [-0.39, 0.29) is 0 Å². The fraction of sp³-hybridized carbons (Fsp3) is 0.429. The molecule has 0 saturated heterocycles. The summed E-state index contributed by atoms with van der Waals surface area (Å²) in [4.78, 5) is 0. The Kier molecular flexibility index (Phi) is 3.39. The van der Waals surface area contributed by atoms with Gasteiger partial charge in [0.1, 0.15) is 0 Å². The van der Waals surface area contributed by atoms with Gasteiger partial charge in [-0.2, -0.15) is 0 Å². The van der Waals surface area contributed by atoms with Crippen LogP contribution in [0.15, 0.2) is 48.1 Å². The van der Waals surface area contributed by atoms with Crippen molar-refractivity contribution in [2.75, 3.05) is 0 Å². The number of hydrogen-bond acceptors (Lipinski definition) is 0. The normalized spacial score (nSPS) is 19.6. The highest BCUT2D eigenvalue weighted by Gasteiger charge is 2.03. The van der Waals surface area contributed by atoms with Gasteiger partial charge in [0.2, 0.25) is 0 Å². The Morgan fingerprint density at radius 2 is 2.00 bits per heavy atom. The molecule has 14 heavy (non-hydrogen) atoms. The summed E-state index contributed by atoms with van der Waals surface area (Å²) >= 11 is 0. The highest BCUT2D eigenvalue weighted by Crippen LogP contribution is 2.20. The van der Waals surface area contributed by atoms with Crippen LogP contribution in [0.4, 0.5) is 0 Å². The molecule has 0 unspecified atom stereocenters. The Hall–Kier alpha value is -1.04. The van der Waals surface area contributed by atoms with Gasteiger partial charge < -0.3 is 0 Å². The summed E-state index contributed by atoms with van der Waals surface area (Å²) < 4.78 is 0. The van der Waals surface area contributed by atoms with Crippen LogP contribution < -0.4 is 0 Å². The first kappa shape index (κ1) is 9.51. The van der Waals surface area contributed by atoms with Gasteiger partial charge >= 0.3 is 0 Å². The van der Waals surface area contributed by atoms with Gasteiger partial charge in [-0.1, -0.05) is 54.5 Å². The van der Waals surface area contributed by atoms with Gasteiger partial charge in [0.05, 0.1) is 0 Å². The Balaban J connectivity index is 1.57. The van der Waals surface area contributed by atoms with E-state index < -0.39 is 0 Å². The highest BCUT2D eigenvalue weighted by atomic mass is 14.1. The van der Waals surface area contributed by atoms with Gasteiger partial charge in [-0.05, 0) is 31.6 Å². The molecule has 0 aliphatic heterocycles. The minimum absolute atomic E-state index is 0.725. The van der Waals surface area contributed by atoms with Crippen LogP contribution in [0, 0.1) is 5.92 Å². The molecule has 0 heterocycles. The standard InChI is InChI=1S/C14H18/c1-2-8-13(7-1)11-5-6-12-14-9-3-4-10-14/h1-3,7-10,13H,4-6,11-12H2. The van der Waals surface area contributed by atoms with Crippen LogP contribution in [-0.4, -0.2) is 0 Å². The second-order valence-electron chi connectivity index (χ2n) is 4.10. The molecular formula is C14H18. The van der Waals surface area contributed by atoms with Gasteiger partial charge in [-0.15, -0.1) is 0 Å². The quantitative estimate of drug-likeness (QED) is 0.565. The summed E-state index contributed by atoms with van der Waals surface area (Å²) in [6.45, 7) is 0. The Morgan fingerprint density at radius 1 is 1.14 bits per heavy atom. The number of rotatable bonds is 5. The molecule has 0 spiro atoms.